The van der Waals surface area contributed by atoms with Crippen LogP contribution < -0.4 is 16.2 Å². The molecular formula is C16H18ClN3O2. The van der Waals surface area contributed by atoms with Gasteiger partial charge in [0.25, 0.3) is 0 Å². The highest BCUT2D eigenvalue weighted by Crippen LogP contribution is 2.20. The van der Waals surface area contributed by atoms with Gasteiger partial charge in [0.2, 0.25) is 0 Å². The zero-order chi connectivity index (χ0) is 15.9. The average Bonchev–Trinajstić information content (AvgIpc) is 2.51. The van der Waals surface area contributed by atoms with Crippen LogP contribution in [0.2, 0.25) is 0 Å². The van der Waals surface area contributed by atoms with E-state index in [-0.39, 0.29) is 16.9 Å². The monoisotopic (exact) mass is 319 g/mol. The van der Waals surface area contributed by atoms with Gasteiger partial charge in [0, 0.05) is 6.04 Å². The molecule has 5 nitrogen and oxygen atoms in total. The molecule has 0 saturated carbocycles. The highest BCUT2D eigenvalue weighted by atomic mass is 35.5. The SMILES string of the molecule is NCCC(N)COc1ccc(N=C2C=CC(=O)C(Cl)=C2)cc1. The summed E-state index contributed by atoms with van der Waals surface area (Å²) in [5.41, 5.74) is 12.6. The first kappa shape index (κ1) is 16.4. The molecule has 1 aromatic rings. The van der Waals surface area contributed by atoms with Crippen molar-refractivity contribution < 1.29 is 9.53 Å². The van der Waals surface area contributed by atoms with Gasteiger partial charge >= 0.3 is 0 Å². The van der Waals surface area contributed by atoms with Crippen LogP contribution >= 0.6 is 11.6 Å². The van der Waals surface area contributed by atoms with Crippen LogP contribution in [0.25, 0.3) is 0 Å². The molecule has 4 N–H and O–H groups in total. The summed E-state index contributed by atoms with van der Waals surface area (Å²) < 4.78 is 5.58. The molecule has 1 atom stereocenters. The van der Waals surface area contributed by atoms with Crippen LogP contribution in [0.4, 0.5) is 5.69 Å². The van der Waals surface area contributed by atoms with E-state index < -0.39 is 0 Å². The van der Waals surface area contributed by atoms with Crippen molar-refractivity contribution in [1.82, 2.24) is 0 Å². The number of allylic oxidation sites excluding steroid dienone is 4. The summed E-state index contributed by atoms with van der Waals surface area (Å²) in [5.74, 6) is 0.512. The Bertz CT molecular complexity index is 621. The van der Waals surface area contributed by atoms with E-state index in [4.69, 9.17) is 27.8 Å². The molecule has 0 radical (unpaired) electrons. The maximum absolute atomic E-state index is 11.2. The zero-order valence-electron chi connectivity index (χ0n) is 12.0. The van der Waals surface area contributed by atoms with Gasteiger partial charge in [-0.25, -0.2) is 4.99 Å². The maximum Gasteiger partial charge on any atom is 0.197 e. The van der Waals surface area contributed by atoms with Crippen LogP contribution in [0.3, 0.4) is 0 Å². The lowest BCUT2D eigenvalue weighted by Crippen LogP contribution is -2.30. The van der Waals surface area contributed by atoms with E-state index >= 15 is 0 Å². The third kappa shape index (κ3) is 4.80. The molecule has 116 valence electrons. The van der Waals surface area contributed by atoms with Crippen molar-refractivity contribution in [2.75, 3.05) is 13.2 Å². The molecule has 0 aliphatic heterocycles. The van der Waals surface area contributed by atoms with Gasteiger partial charge in [-0.2, -0.15) is 0 Å². The molecule has 1 aliphatic rings. The molecule has 6 heteroatoms. The normalized spacial score (nSPS) is 17.5. The molecule has 0 saturated heterocycles. The summed E-state index contributed by atoms with van der Waals surface area (Å²) in [5, 5.41) is 0.162. The topological polar surface area (TPSA) is 90.7 Å². The zero-order valence-corrected chi connectivity index (χ0v) is 12.8. The second kappa shape index (κ2) is 7.89. The molecule has 0 heterocycles. The number of halogens is 1. The maximum atomic E-state index is 11.2. The van der Waals surface area contributed by atoms with Gasteiger partial charge in [-0.1, -0.05) is 11.6 Å². The molecule has 0 bridgehead atoms. The van der Waals surface area contributed by atoms with Crippen molar-refractivity contribution in [2.24, 2.45) is 16.5 Å². The van der Waals surface area contributed by atoms with Gasteiger partial charge in [0.1, 0.15) is 12.4 Å². The number of nitrogens with zero attached hydrogens (tertiary/aromatic N) is 1. The van der Waals surface area contributed by atoms with E-state index in [1.807, 2.05) is 24.3 Å². The molecular weight excluding hydrogens is 302 g/mol. The Kier molecular flexibility index (Phi) is 5.89. The number of rotatable bonds is 6. The van der Waals surface area contributed by atoms with Crippen LogP contribution in [0.15, 0.2) is 52.5 Å². The highest BCUT2D eigenvalue weighted by molar-refractivity contribution is 6.47. The first-order chi connectivity index (χ1) is 10.6. The van der Waals surface area contributed by atoms with Crippen molar-refractivity contribution in [1.29, 1.82) is 0 Å². The predicted octanol–water partition coefficient (Wildman–Crippen LogP) is 2.08. The summed E-state index contributed by atoms with van der Waals surface area (Å²) in [6.45, 7) is 0.974. The summed E-state index contributed by atoms with van der Waals surface area (Å²) in [6.07, 6.45) is 5.30. The standard InChI is InChI=1S/C16H18ClN3O2/c17-15-9-13(3-6-16(15)21)20-12-1-4-14(5-2-12)22-10-11(19)7-8-18/h1-6,9,11H,7-8,10,18-19H2. The lowest BCUT2D eigenvalue weighted by molar-refractivity contribution is -0.110. The lowest BCUT2D eigenvalue weighted by Gasteiger charge is -2.12. The first-order valence-electron chi connectivity index (χ1n) is 6.95. The Morgan fingerprint density at radius 1 is 1.23 bits per heavy atom. The Hall–Kier alpha value is -1.95. The van der Waals surface area contributed by atoms with Crippen LogP contribution in [-0.2, 0) is 4.79 Å². The third-order valence-electron chi connectivity index (χ3n) is 3.01. The average molecular weight is 320 g/mol. The fourth-order valence-corrected chi connectivity index (χ4v) is 2.00. The minimum absolute atomic E-state index is 0.0675. The second-order valence-electron chi connectivity index (χ2n) is 4.87. The number of hydrogen-bond donors (Lipinski definition) is 2. The van der Waals surface area contributed by atoms with Crippen molar-refractivity contribution in [2.45, 2.75) is 12.5 Å². The molecule has 2 rings (SSSR count). The summed E-state index contributed by atoms with van der Waals surface area (Å²) in [7, 11) is 0. The third-order valence-corrected chi connectivity index (χ3v) is 3.31. The van der Waals surface area contributed by atoms with E-state index in [1.165, 1.54) is 6.08 Å². The lowest BCUT2D eigenvalue weighted by atomic mass is 10.1. The predicted molar refractivity (Wildman–Crippen MR) is 88.8 cm³/mol. The minimum atomic E-state index is -0.210. The first-order valence-corrected chi connectivity index (χ1v) is 7.33. The van der Waals surface area contributed by atoms with Crippen molar-refractivity contribution in [3.63, 3.8) is 0 Å². The van der Waals surface area contributed by atoms with Crippen LogP contribution in [-0.4, -0.2) is 30.7 Å². The van der Waals surface area contributed by atoms with E-state index in [0.717, 1.165) is 17.9 Å². The smallest absolute Gasteiger partial charge is 0.197 e. The van der Waals surface area contributed by atoms with Gasteiger partial charge in [-0.05, 0) is 55.5 Å². The van der Waals surface area contributed by atoms with E-state index in [1.54, 1.807) is 12.2 Å². The van der Waals surface area contributed by atoms with Crippen LogP contribution in [0.1, 0.15) is 6.42 Å². The van der Waals surface area contributed by atoms with E-state index in [2.05, 4.69) is 4.99 Å². The Balaban J connectivity index is 1.98. The van der Waals surface area contributed by atoms with Crippen molar-refractivity contribution >= 4 is 28.8 Å². The summed E-state index contributed by atoms with van der Waals surface area (Å²) in [6, 6.07) is 7.21. The fourth-order valence-electron chi connectivity index (χ4n) is 1.83. The molecule has 0 fully saturated rings. The fraction of sp³-hybridized carbons (Fsp3) is 0.250. The van der Waals surface area contributed by atoms with Gasteiger partial charge < -0.3 is 16.2 Å². The molecule has 1 aromatic carbocycles. The molecule has 0 spiro atoms. The van der Waals surface area contributed by atoms with Crippen LogP contribution in [0, 0.1) is 0 Å². The van der Waals surface area contributed by atoms with E-state index in [9.17, 15) is 4.79 Å². The molecule has 0 amide bonds. The van der Waals surface area contributed by atoms with Crippen molar-refractivity contribution in [3.8, 4) is 5.75 Å². The van der Waals surface area contributed by atoms with Crippen molar-refractivity contribution in [3.05, 3.63) is 47.5 Å². The van der Waals surface area contributed by atoms with Gasteiger partial charge in [-0.3, -0.25) is 4.79 Å². The number of hydrogen-bond acceptors (Lipinski definition) is 5. The van der Waals surface area contributed by atoms with Crippen LogP contribution in [0.5, 0.6) is 5.75 Å². The largest absolute Gasteiger partial charge is 0.492 e. The second-order valence-corrected chi connectivity index (χ2v) is 5.28. The highest BCUT2D eigenvalue weighted by Gasteiger charge is 2.09. The molecule has 0 aromatic heterocycles. The summed E-state index contributed by atoms with van der Waals surface area (Å²) in [4.78, 5) is 15.6. The van der Waals surface area contributed by atoms with Gasteiger partial charge in [-0.15, -0.1) is 0 Å². The number of ether oxygens (including phenoxy) is 1. The van der Waals surface area contributed by atoms with Gasteiger partial charge in [0.15, 0.2) is 5.78 Å². The summed E-state index contributed by atoms with van der Waals surface area (Å²) >= 11 is 5.79. The number of aliphatic imine (C=N–C) groups is 1. The Morgan fingerprint density at radius 3 is 2.59 bits per heavy atom. The number of carbonyl (C=O) groups is 1. The molecule has 1 aliphatic carbocycles. The molecule has 1 unspecified atom stereocenters. The quantitative estimate of drug-likeness (QED) is 0.785. The number of benzene rings is 1. The number of nitrogens with two attached hydrogens (primary N) is 2. The Morgan fingerprint density at radius 2 is 1.95 bits per heavy atom. The van der Waals surface area contributed by atoms with Gasteiger partial charge in [0.05, 0.1) is 16.4 Å². The van der Waals surface area contributed by atoms with E-state index in [0.29, 0.717) is 18.9 Å². The molecule has 22 heavy (non-hydrogen) atoms. The Labute approximate surface area is 134 Å². The number of carbonyl (C=O) groups excluding carboxylic acids is 1. The number of ketones is 1. The minimum Gasteiger partial charge on any atom is -0.492 e.